The molecular formula is C4H6N2O2. The molecule has 0 radical (unpaired) electrons. The van der Waals surface area contributed by atoms with Gasteiger partial charge in [0.05, 0.1) is 6.21 Å². The predicted octanol–water partition coefficient (Wildman–Crippen LogP) is -0.378. The first-order valence-electron chi connectivity index (χ1n) is 2.45. The van der Waals surface area contributed by atoms with E-state index in [4.69, 9.17) is 4.89 Å². The molecule has 0 aromatic rings. The zero-order valence-corrected chi connectivity index (χ0v) is 4.42. The van der Waals surface area contributed by atoms with Crippen LogP contribution in [0.4, 0.5) is 0 Å². The molecule has 1 saturated heterocycles. The molecule has 2 atom stereocenters. The van der Waals surface area contributed by atoms with Crippen LogP contribution in [0, 0.1) is 0 Å². The van der Waals surface area contributed by atoms with Crippen molar-refractivity contribution in [2.45, 2.75) is 19.0 Å². The Morgan fingerprint density at radius 1 is 1.88 bits per heavy atom. The van der Waals surface area contributed by atoms with Gasteiger partial charge in [0, 0.05) is 0 Å². The fraction of sp³-hybridized carbons (Fsp3) is 0.750. The van der Waals surface area contributed by atoms with Crippen molar-refractivity contribution in [3.8, 4) is 0 Å². The smallest absolute Gasteiger partial charge is 0.239 e. The molecule has 2 unspecified atom stereocenters. The minimum atomic E-state index is -0.454. The maximum atomic E-state index is 4.78. The van der Waals surface area contributed by atoms with Gasteiger partial charge in [-0.25, -0.2) is 15.2 Å². The van der Waals surface area contributed by atoms with Gasteiger partial charge in [0.25, 0.3) is 0 Å². The third-order valence-corrected chi connectivity index (χ3v) is 1.18. The largest absolute Gasteiger partial charge is 0.244 e. The zero-order chi connectivity index (χ0) is 5.61. The highest BCUT2D eigenvalue weighted by Gasteiger charge is 2.40. The van der Waals surface area contributed by atoms with Gasteiger partial charge in [0.2, 0.25) is 6.35 Å². The lowest BCUT2D eigenvalue weighted by Gasteiger charge is -2.10. The second-order valence-corrected chi connectivity index (χ2v) is 2.06. The molecule has 44 valence electrons. The van der Waals surface area contributed by atoms with Crippen molar-refractivity contribution >= 4 is 6.21 Å². The van der Waals surface area contributed by atoms with E-state index in [1.807, 2.05) is 6.92 Å². The van der Waals surface area contributed by atoms with Crippen molar-refractivity contribution in [1.29, 1.82) is 0 Å². The maximum Gasteiger partial charge on any atom is 0.239 e. The van der Waals surface area contributed by atoms with E-state index in [1.54, 1.807) is 6.21 Å². The van der Waals surface area contributed by atoms with Gasteiger partial charge in [-0.2, -0.15) is 4.89 Å². The Balaban J connectivity index is 2.33. The molecule has 2 heterocycles. The Kier molecular flexibility index (Phi) is 0.609. The van der Waals surface area contributed by atoms with Gasteiger partial charge in [-0.3, -0.25) is 0 Å². The van der Waals surface area contributed by atoms with Crippen molar-refractivity contribution in [2.75, 3.05) is 0 Å². The Morgan fingerprint density at radius 2 is 2.75 bits per heavy atom. The monoisotopic (exact) mass is 114 g/mol. The van der Waals surface area contributed by atoms with E-state index < -0.39 is 5.72 Å². The van der Waals surface area contributed by atoms with E-state index >= 15 is 0 Å². The van der Waals surface area contributed by atoms with E-state index in [0.717, 1.165) is 0 Å². The fourth-order valence-corrected chi connectivity index (χ4v) is 0.770. The summed E-state index contributed by atoms with van der Waals surface area (Å²) in [6, 6.07) is 0. The summed E-state index contributed by atoms with van der Waals surface area (Å²) in [5.41, 5.74) is -0.454. The number of nitrogens with zero attached hydrogens (tertiary/aromatic N) is 1. The normalized spacial score (nSPS) is 50.9. The number of fused-ring (bicyclic) bond motifs is 2. The van der Waals surface area contributed by atoms with E-state index in [-0.39, 0.29) is 6.35 Å². The summed E-state index contributed by atoms with van der Waals surface area (Å²) in [7, 11) is 0. The average Bonchev–Trinajstić information content (AvgIpc) is 2.21. The molecule has 8 heavy (non-hydrogen) atoms. The van der Waals surface area contributed by atoms with Crippen molar-refractivity contribution in [2.24, 2.45) is 4.99 Å². The van der Waals surface area contributed by atoms with Crippen LogP contribution in [0.3, 0.4) is 0 Å². The van der Waals surface area contributed by atoms with Gasteiger partial charge < -0.3 is 0 Å². The van der Waals surface area contributed by atoms with E-state index in [0.29, 0.717) is 0 Å². The topological polar surface area (TPSA) is 42.9 Å². The van der Waals surface area contributed by atoms with Gasteiger partial charge in [-0.1, -0.05) is 0 Å². The van der Waals surface area contributed by atoms with E-state index in [2.05, 4.69) is 15.2 Å². The van der Waals surface area contributed by atoms with Crippen molar-refractivity contribution in [1.82, 2.24) is 5.32 Å². The summed E-state index contributed by atoms with van der Waals surface area (Å²) >= 11 is 0. The molecule has 1 N–H and O–H groups in total. The number of aliphatic imine (C=N–C) groups is 1. The minimum Gasteiger partial charge on any atom is -0.244 e. The van der Waals surface area contributed by atoms with Crippen LogP contribution in [-0.4, -0.2) is 18.3 Å². The highest BCUT2D eigenvalue weighted by atomic mass is 17.2. The molecule has 0 amide bonds. The Bertz CT molecular complexity index is 147. The number of hydrogen-bond donors (Lipinski definition) is 1. The van der Waals surface area contributed by atoms with Gasteiger partial charge in [0.15, 0.2) is 5.72 Å². The molecule has 0 aliphatic carbocycles. The summed E-state index contributed by atoms with van der Waals surface area (Å²) in [5, 5.41) is 2.94. The Labute approximate surface area is 46.4 Å². The highest BCUT2D eigenvalue weighted by molar-refractivity contribution is 5.70. The average molecular weight is 114 g/mol. The summed E-state index contributed by atoms with van der Waals surface area (Å²) in [6.07, 6.45) is 1.43. The van der Waals surface area contributed by atoms with Crippen molar-refractivity contribution in [3.63, 3.8) is 0 Å². The Hall–Kier alpha value is -0.450. The molecule has 1 fully saturated rings. The molecule has 2 rings (SSSR count). The lowest BCUT2D eigenvalue weighted by atomic mass is 10.3. The lowest BCUT2D eigenvalue weighted by Crippen LogP contribution is -2.36. The first kappa shape index (κ1) is 4.43. The number of nitrogens with one attached hydrogen (secondary N) is 1. The third-order valence-electron chi connectivity index (χ3n) is 1.18. The van der Waals surface area contributed by atoms with Gasteiger partial charge in [0.1, 0.15) is 0 Å². The molecule has 2 aliphatic rings. The summed E-state index contributed by atoms with van der Waals surface area (Å²) in [4.78, 5) is 13.3. The molecule has 0 aromatic carbocycles. The molecule has 2 bridgehead atoms. The molecule has 0 aromatic heterocycles. The molecule has 0 spiro atoms. The Morgan fingerprint density at radius 3 is 2.88 bits per heavy atom. The summed E-state index contributed by atoms with van der Waals surface area (Å²) in [5.74, 6) is 0. The molecule has 4 heteroatoms. The molecular weight excluding hydrogens is 108 g/mol. The molecule has 2 aliphatic heterocycles. The lowest BCUT2D eigenvalue weighted by molar-refractivity contribution is -0.311. The van der Waals surface area contributed by atoms with Crippen LogP contribution in [0.25, 0.3) is 0 Å². The second kappa shape index (κ2) is 1.10. The van der Waals surface area contributed by atoms with Crippen LogP contribution < -0.4 is 5.32 Å². The summed E-state index contributed by atoms with van der Waals surface area (Å²) in [6.45, 7) is 1.85. The maximum absolute atomic E-state index is 4.78. The first-order chi connectivity index (χ1) is 3.79. The predicted molar refractivity (Wildman–Crippen MR) is 26.0 cm³/mol. The third kappa shape index (κ3) is 0.419. The number of hydrogen-bond acceptors (Lipinski definition) is 4. The first-order valence-corrected chi connectivity index (χ1v) is 2.45. The van der Waals surface area contributed by atoms with Crippen LogP contribution in [0.5, 0.6) is 0 Å². The summed E-state index contributed by atoms with van der Waals surface area (Å²) < 4.78 is 0. The van der Waals surface area contributed by atoms with Gasteiger partial charge in [-0.05, 0) is 6.92 Å². The minimum absolute atomic E-state index is 0.264. The number of rotatable bonds is 0. The fourth-order valence-electron chi connectivity index (χ4n) is 0.770. The molecule has 0 saturated carbocycles. The van der Waals surface area contributed by atoms with Crippen LogP contribution in [0.1, 0.15) is 6.92 Å². The highest BCUT2D eigenvalue weighted by Crippen LogP contribution is 2.20. The van der Waals surface area contributed by atoms with Crippen LogP contribution in [-0.2, 0) is 9.78 Å². The van der Waals surface area contributed by atoms with E-state index in [1.165, 1.54) is 0 Å². The van der Waals surface area contributed by atoms with Gasteiger partial charge >= 0.3 is 0 Å². The van der Waals surface area contributed by atoms with Crippen LogP contribution in [0.2, 0.25) is 0 Å². The van der Waals surface area contributed by atoms with Gasteiger partial charge in [-0.15, -0.1) is 0 Å². The quantitative estimate of drug-likeness (QED) is 0.436. The van der Waals surface area contributed by atoms with Crippen molar-refractivity contribution in [3.05, 3.63) is 0 Å². The second-order valence-electron chi connectivity index (χ2n) is 2.06. The van der Waals surface area contributed by atoms with E-state index in [9.17, 15) is 0 Å². The van der Waals surface area contributed by atoms with Crippen molar-refractivity contribution < 1.29 is 9.78 Å². The zero-order valence-electron chi connectivity index (χ0n) is 4.42. The van der Waals surface area contributed by atoms with Crippen LogP contribution >= 0.6 is 0 Å². The SMILES string of the molecule is CC12C=NC(N1)OO2. The molecule has 4 nitrogen and oxygen atoms in total. The standard InChI is InChI=1S/C4H6N2O2/c1-4-2-5-3(6-4)7-8-4/h2-3,6H,1H3. The van der Waals surface area contributed by atoms with Crippen LogP contribution in [0.15, 0.2) is 4.99 Å².